The number of amides is 1. The number of hydrogen-bond acceptors (Lipinski definition) is 3. The fraction of sp³-hybridized carbons (Fsp3) is 0.0769. The van der Waals surface area contributed by atoms with E-state index in [1.165, 1.54) is 6.20 Å². The molecule has 1 aliphatic heterocycles. The number of aromatic nitrogens is 1. The monoisotopic (exact) mass is 226 g/mol. The summed E-state index contributed by atoms with van der Waals surface area (Å²) in [6, 6.07) is 12.4. The van der Waals surface area contributed by atoms with Crippen LogP contribution < -0.4 is 5.32 Å². The van der Waals surface area contributed by atoms with Crippen LogP contribution in [0.2, 0.25) is 0 Å². The van der Waals surface area contributed by atoms with Gasteiger partial charge in [0, 0.05) is 17.3 Å². The molecule has 17 heavy (non-hydrogen) atoms. The van der Waals surface area contributed by atoms with Crippen LogP contribution in [0.4, 0.5) is 0 Å². The molecule has 3 rings (SSSR count). The minimum atomic E-state index is -1.47. The van der Waals surface area contributed by atoms with Gasteiger partial charge in [-0.25, -0.2) is 0 Å². The lowest BCUT2D eigenvalue weighted by Crippen LogP contribution is -2.40. The summed E-state index contributed by atoms with van der Waals surface area (Å²) in [7, 11) is 0. The SMILES string of the molecule is O=C1NC(O)(c2ccccc2)c2cccnc21. The van der Waals surface area contributed by atoms with Gasteiger partial charge in [0.1, 0.15) is 5.69 Å². The van der Waals surface area contributed by atoms with Crippen molar-refractivity contribution in [2.45, 2.75) is 5.72 Å². The Kier molecular flexibility index (Phi) is 2.00. The van der Waals surface area contributed by atoms with Crippen LogP contribution in [0.1, 0.15) is 21.6 Å². The largest absolute Gasteiger partial charge is 0.363 e. The van der Waals surface area contributed by atoms with Crippen molar-refractivity contribution in [3.05, 3.63) is 65.5 Å². The third-order valence-electron chi connectivity index (χ3n) is 2.90. The summed E-state index contributed by atoms with van der Waals surface area (Å²) in [5.74, 6) is -0.355. The average molecular weight is 226 g/mol. The number of pyridine rings is 1. The lowest BCUT2D eigenvalue weighted by atomic mass is 9.97. The van der Waals surface area contributed by atoms with E-state index in [2.05, 4.69) is 10.3 Å². The van der Waals surface area contributed by atoms with Crippen molar-refractivity contribution in [1.29, 1.82) is 0 Å². The Morgan fingerprint density at radius 3 is 2.65 bits per heavy atom. The van der Waals surface area contributed by atoms with E-state index in [0.717, 1.165) is 0 Å². The number of fused-ring (bicyclic) bond motifs is 1. The first-order chi connectivity index (χ1) is 8.22. The van der Waals surface area contributed by atoms with Gasteiger partial charge in [-0.2, -0.15) is 0 Å². The smallest absolute Gasteiger partial charge is 0.273 e. The van der Waals surface area contributed by atoms with Crippen LogP contribution >= 0.6 is 0 Å². The Labute approximate surface area is 97.9 Å². The van der Waals surface area contributed by atoms with Crippen molar-refractivity contribution < 1.29 is 9.90 Å². The van der Waals surface area contributed by atoms with E-state index < -0.39 is 5.72 Å². The van der Waals surface area contributed by atoms with Gasteiger partial charge in [-0.15, -0.1) is 0 Å². The highest BCUT2D eigenvalue weighted by molar-refractivity contribution is 5.98. The summed E-state index contributed by atoms with van der Waals surface area (Å²) in [4.78, 5) is 15.7. The van der Waals surface area contributed by atoms with Gasteiger partial charge in [-0.1, -0.05) is 30.3 Å². The second-order valence-corrected chi connectivity index (χ2v) is 3.93. The Morgan fingerprint density at radius 1 is 1.12 bits per heavy atom. The van der Waals surface area contributed by atoms with Crippen LogP contribution in [0, 0.1) is 0 Å². The summed E-state index contributed by atoms with van der Waals surface area (Å²) in [6.07, 6.45) is 1.54. The molecule has 2 aromatic rings. The molecule has 0 spiro atoms. The molecule has 0 saturated carbocycles. The molecular formula is C13H10N2O2. The molecule has 1 aromatic carbocycles. The standard InChI is InChI=1S/C13H10N2O2/c16-12-11-10(7-4-8-14-11)13(17,15-12)9-5-2-1-3-6-9/h1-8,17H,(H,15,16). The molecule has 1 aromatic heterocycles. The maximum atomic E-state index is 11.7. The van der Waals surface area contributed by atoms with E-state index in [1.807, 2.05) is 18.2 Å². The number of nitrogens with zero attached hydrogens (tertiary/aromatic N) is 1. The molecule has 2 heterocycles. The molecule has 0 aliphatic carbocycles. The summed E-state index contributed by atoms with van der Waals surface area (Å²) in [5.41, 5.74) is -0.0720. The minimum absolute atomic E-state index is 0.277. The number of hydrogen-bond donors (Lipinski definition) is 2. The first kappa shape index (κ1) is 9.99. The Hall–Kier alpha value is -2.20. The Balaban J connectivity index is 2.21. The van der Waals surface area contributed by atoms with E-state index >= 15 is 0 Å². The quantitative estimate of drug-likeness (QED) is 0.763. The zero-order valence-corrected chi connectivity index (χ0v) is 8.92. The number of nitrogens with one attached hydrogen (secondary N) is 1. The molecule has 1 unspecified atom stereocenters. The first-order valence-electron chi connectivity index (χ1n) is 5.28. The summed E-state index contributed by atoms with van der Waals surface area (Å²) < 4.78 is 0. The summed E-state index contributed by atoms with van der Waals surface area (Å²) in [6.45, 7) is 0. The molecule has 1 atom stereocenters. The van der Waals surface area contributed by atoms with Crippen LogP contribution in [0.25, 0.3) is 0 Å². The molecule has 4 nitrogen and oxygen atoms in total. The molecule has 2 N–H and O–H groups in total. The van der Waals surface area contributed by atoms with E-state index in [-0.39, 0.29) is 11.6 Å². The van der Waals surface area contributed by atoms with Crippen LogP contribution in [-0.2, 0) is 5.72 Å². The fourth-order valence-electron chi connectivity index (χ4n) is 2.08. The number of benzene rings is 1. The maximum absolute atomic E-state index is 11.7. The van der Waals surface area contributed by atoms with Gasteiger partial charge in [0.15, 0.2) is 5.72 Å². The molecule has 4 heteroatoms. The molecule has 0 radical (unpaired) electrons. The normalized spacial score (nSPS) is 22.1. The average Bonchev–Trinajstić information content (AvgIpc) is 2.65. The van der Waals surface area contributed by atoms with Crippen LogP contribution in [0.5, 0.6) is 0 Å². The van der Waals surface area contributed by atoms with Gasteiger partial charge in [-0.3, -0.25) is 9.78 Å². The predicted molar refractivity (Wildman–Crippen MR) is 61.1 cm³/mol. The number of carbonyl (C=O) groups excluding carboxylic acids is 1. The maximum Gasteiger partial charge on any atom is 0.273 e. The molecule has 1 amide bonds. The van der Waals surface area contributed by atoms with Gasteiger partial charge in [-0.05, 0) is 12.1 Å². The molecule has 0 fully saturated rings. The summed E-state index contributed by atoms with van der Waals surface area (Å²) >= 11 is 0. The fourth-order valence-corrected chi connectivity index (χ4v) is 2.08. The van der Waals surface area contributed by atoms with Crippen molar-refractivity contribution >= 4 is 5.91 Å². The molecule has 1 aliphatic rings. The van der Waals surface area contributed by atoms with Gasteiger partial charge < -0.3 is 10.4 Å². The number of rotatable bonds is 1. The first-order valence-corrected chi connectivity index (χ1v) is 5.28. The molecular weight excluding hydrogens is 216 g/mol. The van der Waals surface area contributed by atoms with Gasteiger partial charge in [0.25, 0.3) is 5.91 Å². The lowest BCUT2D eigenvalue weighted by molar-refractivity contribution is 0.0476. The van der Waals surface area contributed by atoms with Crippen molar-refractivity contribution in [1.82, 2.24) is 10.3 Å². The second kappa shape index (κ2) is 3.40. The minimum Gasteiger partial charge on any atom is -0.363 e. The zero-order chi connectivity index (χ0) is 11.9. The topological polar surface area (TPSA) is 62.2 Å². The van der Waals surface area contributed by atoms with E-state index in [4.69, 9.17) is 0 Å². The van der Waals surface area contributed by atoms with Gasteiger partial charge in [0.2, 0.25) is 0 Å². The third-order valence-corrected chi connectivity index (χ3v) is 2.90. The summed E-state index contributed by atoms with van der Waals surface area (Å²) in [5, 5.41) is 13.2. The highest BCUT2D eigenvalue weighted by Gasteiger charge is 2.43. The van der Waals surface area contributed by atoms with Crippen molar-refractivity contribution in [2.24, 2.45) is 0 Å². The number of carbonyl (C=O) groups is 1. The highest BCUT2D eigenvalue weighted by Crippen LogP contribution is 2.33. The van der Waals surface area contributed by atoms with Crippen molar-refractivity contribution in [3.8, 4) is 0 Å². The Morgan fingerprint density at radius 2 is 1.88 bits per heavy atom. The third kappa shape index (κ3) is 1.34. The van der Waals surface area contributed by atoms with E-state index in [1.54, 1.807) is 24.3 Å². The predicted octanol–water partition coefficient (Wildman–Crippen LogP) is 1.02. The number of aliphatic hydroxyl groups is 1. The lowest BCUT2D eigenvalue weighted by Gasteiger charge is -2.23. The van der Waals surface area contributed by atoms with Crippen LogP contribution in [0.15, 0.2) is 48.7 Å². The van der Waals surface area contributed by atoms with E-state index in [9.17, 15) is 9.90 Å². The van der Waals surface area contributed by atoms with Gasteiger partial charge in [0.05, 0.1) is 0 Å². The zero-order valence-electron chi connectivity index (χ0n) is 8.92. The highest BCUT2D eigenvalue weighted by atomic mass is 16.3. The molecule has 0 bridgehead atoms. The van der Waals surface area contributed by atoms with Crippen molar-refractivity contribution in [3.63, 3.8) is 0 Å². The Bertz CT molecular complexity index is 583. The van der Waals surface area contributed by atoms with Crippen molar-refractivity contribution in [2.75, 3.05) is 0 Å². The van der Waals surface area contributed by atoms with Crippen LogP contribution in [-0.4, -0.2) is 16.0 Å². The molecule has 84 valence electrons. The van der Waals surface area contributed by atoms with Gasteiger partial charge >= 0.3 is 0 Å². The second-order valence-electron chi connectivity index (χ2n) is 3.93. The van der Waals surface area contributed by atoms with E-state index in [0.29, 0.717) is 11.1 Å². The molecule has 0 saturated heterocycles. The van der Waals surface area contributed by atoms with Crippen LogP contribution in [0.3, 0.4) is 0 Å².